The van der Waals surface area contributed by atoms with E-state index >= 15 is 0 Å². The second-order valence-corrected chi connectivity index (χ2v) is 4.28. The number of ether oxygens (including phenoxy) is 3. The van der Waals surface area contributed by atoms with Crippen molar-refractivity contribution in [1.29, 1.82) is 0 Å². The van der Waals surface area contributed by atoms with Gasteiger partial charge in [-0.3, -0.25) is 4.79 Å². The molecule has 5 nitrogen and oxygen atoms in total. The minimum Gasteiger partial charge on any atom is -0.497 e. The molecule has 0 bridgehead atoms. The molecule has 0 spiro atoms. The normalized spacial score (nSPS) is 10.4. The van der Waals surface area contributed by atoms with Crippen molar-refractivity contribution in [3.63, 3.8) is 0 Å². The molecule has 0 unspecified atom stereocenters. The van der Waals surface area contributed by atoms with Gasteiger partial charge >= 0.3 is 0 Å². The number of rotatable bonds is 7. The second-order valence-electron chi connectivity index (χ2n) is 4.28. The maximum absolute atomic E-state index is 11.9. The molecular weight excluding hydrogens is 246 g/mol. The Morgan fingerprint density at radius 1 is 1.16 bits per heavy atom. The Labute approximate surface area is 113 Å². The van der Waals surface area contributed by atoms with E-state index in [2.05, 4.69) is 5.32 Å². The van der Waals surface area contributed by atoms with Crippen LogP contribution in [0.4, 0.5) is 0 Å². The third kappa shape index (κ3) is 5.18. The zero-order chi connectivity index (χ0) is 14.3. The van der Waals surface area contributed by atoms with Crippen LogP contribution in [-0.4, -0.2) is 39.4 Å². The summed E-state index contributed by atoms with van der Waals surface area (Å²) >= 11 is 0. The summed E-state index contributed by atoms with van der Waals surface area (Å²) < 4.78 is 15.6. The molecule has 1 rings (SSSR count). The van der Waals surface area contributed by atoms with Gasteiger partial charge in [0.25, 0.3) is 5.91 Å². The van der Waals surface area contributed by atoms with E-state index in [-0.39, 0.29) is 12.0 Å². The molecule has 0 aromatic heterocycles. The quantitative estimate of drug-likeness (QED) is 0.766. The molecule has 1 N–H and O–H groups in total. The van der Waals surface area contributed by atoms with E-state index in [0.29, 0.717) is 30.2 Å². The topological polar surface area (TPSA) is 56.8 Å². The lowest BCUT2D eigenvalue weighted by Crippen LogP contribution is -2.28. The summed E-state index contributed by atoms with van der Waals surface area (Å²) in [7, 11) is 3.10. The fourth-order valence-electron chi connectivity index (χ4n) is 1.50. The number of nitrogens with one attached hydrogen (secondary N) is 1. The molecule has 0 aliphatic rings. The van der Waals surface area contributed by atoms with Crippen molar-refractivity contribution in [2.24, 2.45) is 0 Å². The Morgan fingerprint density at radius 2 is 1.74 bits per heavy atom. The van der Waals surface area contributed by atoms with Crippen LogP contribution in [0.25, 0.3) is 0 Å². The molecule has 0 radical (unpaired) electrons. The molecular formula is C14H21NO4. The molecule has 5 heteroatoms. The Hall–Kier alpha value is -1.75. The average molecular weight is 267 g/mol. The summed E-state index contributed by atoms with van der Waals surface area (Å²) in [6.07, 6.45) is 0.161. The van der Waals surface area contributed by atoms with Crippen LogP contribution in [-0.2, 0) is 4.74 Å². The highest BCUT2D eigenvalue weighted by Gasteiger charge is 2.09. The van der Waals surface area contributed by atoms with E-state index in [1.807, 2.05) is 13.8 Å². The fraction of sp³-hybridized carbons (Fsp3) is 0.500. The van der Waals surface area contributed by atoms with Gasteiger partial charge in [0, 0.05) is 18.2 Å². The van der Waals surface area contributed by atoms with Crippen LogP contribution in [0.5, 0.6) is 11.5 Å². The van der Waals surface area contributed by atoms with Crippen molar-refractivity contribution in [3.05, 3.63) is 23.8 Å². The molecule has 0 fully saturated rings. The molecule has 1 aromatic rings. The molecule has 19 heavy (non-hydrogen) atoms. The summed E-state index contributed by atoms with van der Waals surface area (Å²) in [5.74, 6) is 0.996. The molecule has 0 saturated heterocycles. The lowest BCUT2D eigenvalue weighted by atomic mass is 10.2. The number of methoxy groups -OCH3 is 2. The monoisotopic (exact) mass is 267 g/mol. The smallest absolute Gasteiger partial charge is 0.251 e. The summed E-state index contributed by atoms with van der Waals surface area (Å²) in [5.41, 5.74) is 0.501. The van der Waals surface area contributed by atoms with Crippen LogP contribution in [0.15, 0.2) is 18.2 Å². The van der Waals surface area contributed by atoms with Gasteiger partial charge in [-0.05, 0) is 26.0 Å². The highest BCUT2D eigenvalue weighted by Crippen LogP contribution is 2.22. The van der Waals surface area contributed by atoms with Gasteiger partial charge in [0.15, 0.2) is 0 Å². The first-order valence-corrected chi connectivity index (χ1v) is 6.19. The van der Waals surface area contributed by atoms with E-state index in [4.69, 9.17) is 14.2 Å². The Bertz CT molecular complexity index is 396. The average Bonchev–Trinajstić information content (AvgIpc) is 2.42. The number of hydrogen-bond acceptors (Lipinski definition) is 4. The first-order chi connectivity index (χ1) is 9.06. The van der Waals surface area contributed by atoms with E-state index in [9.17, 15) is 4.79 Å². The third-order valence-corrected chi connectivity index (χ3v) is 2.45. The highest BCUT2D eigenvalue weighted by atomic mass is 16.5. The van der Waals surface area contributed by atoms with E-state index < -0.39 is 0 Å². The van der Waals surface area contributed by atoms with Crippen molar-refractivity contribution in [2.45, 2.75) is 20.0 Å². The van der Waals surface area contributed by atoms with Gasteiger partial charge in [0.2, 0.25) is 0 Å². The lowest BCUT2D eigenvalue weighted by Gasteiger charge is -2.10. The van der Waals surface area contributed by atoms with Crippen molar-refractivity contribution in [1.82, 2.24) is 5.32 Å². The van der Waals surface area contributed by atoms with Gasteiger partial charge in [-0.2, -0.15) is 0 Å². The summed E-state index contributed by atoms with van der Waals surface area (Å²) in [5, 5.41) is 2.78. The Balaban J connectivity index is 2.60. The van der Waals surface area contributed by atoms with Gasteiger partial charge in [-0.1, -0.05) is 0 Å². The predicted octanol–water partition coefficient (Wildman–Crippen LogP) is 1.86. The first-order valence-electron chi connectivity index (χ1n) is 6.19. The maximum Gasteiger partial charge on any atom is 0.251 e. The van der Waals surface area contributed by atoms with Gasteiger partial charge in [-0.15, -0.1) is 0 Å². The standard InChI is InChI=1S/C14H21NO4/c1-10(2)19-6-5-15-14(16)11-7-12(17-3)9-13(8-11)18-4/h7-10H,5-6H2,1-4H3,(H,15,16). The highest BCUT2D eigenvalue weighted by molar-refractivity contribution is 5.95. The first kappa shape index (κ1) is 15.3. The number of carbonyl (C=O) groups is 1. The third-order valence-electron chi connectivity index (χ3n) is 2.45. The van der Waals surface area contributed by atoms with E-state index in [1.54, 1.807) is 32.4 Å². The summed E-state index contributed by atoms with van der Waals surface area (Å²) in [4.78, 5) is 11.9. The molecule has 0 aliphatic heterocycles. The van der Waals surface area contributed by atoms with Crippen molar-refractivity contribution < 1.29 is 19.0 Å². The SMILES string of the molecule is COc1cc(OC)cc(C(=O)NCCOC(C)C)c1. The second kappa shape index (κ2) is 7.63. The van der Waals surface area contributed by atoms with Gasteiger partial charge in [-0.25, -0.2) is 0 Å². The molecule has 0 aliphatic carbocycles. The number of amides is 1. The molecule has 0 heterocycles. The van der Waals surface area contributed by atoms with Crippen LogP contribution in [0.1, 0.15) is 24.2 Å². The Morgan fingerprint density at radius 3 is 2.21 bits per heavy atom. The van der Waals surface area contributed by atoms with Crippen molar-refractivity contribution in [3.8, 4) is 11.5 Å². The van der Waals surface area contributed by atoms with Crippen LogP contribution >= 0.6 is 0 Å². The number of benzene rings is 1. The number of carbonyl (C=O) groups excluding carboxylic acids is 1. The zero-order valence-corrected chi connectivity index (χ0v) is 11.9. The maximum atomic E-state index is 11.9. The van der Waals surface area contributed by atoms with Gasteiger partial charge in [0.05, 0.1) is 26.9 Å². The molecule has 0 atom stereocenters. The molecule has 0 saturated carbocycles. The van der Waals surface area contributed by atoms with Crippen LogP contribution in [0, 0.1) is 0 Å². The minimum atomic E-state index is -0.176. The summed E-state index contributed by atoms with van der Waals surface area (Å²) in [6.45, 7) is 4.87. The van der Waals surface area contributed by atoms with Crippen LogP contribution in [0.2, 0.25) is 0 Å². The minimum absolute atomic E-state index is 0.161. The number of hydrogen-bond donors (Lipinski definition) is 1. The van der Waals surface area contributed by atoms with Crippen LogP contribution < -0.4 is 14.8 Å². The van der Waals surface area contributed by atoms with Crippen molar-refractivity contribution in [2.75, 3.05) is 27.4 Å². The fourth-order valence-corrected chi connectivity index (χ4v) is 1.50. The lowest BCUT2D eigenvalue weighted by molar-refractivity contribution is 0.0746. The van der Waals surface area contributed by atoms with Crippen LogP contribution in [0.3, 0.4) is 0 Å². The largest absolute Gasteiger partial charge is 0.497 e. The predicted molar refractivity (Wildman–Crippen MR) is 73.0 cm³/mol. The van der Waals surface area contributed by atoms with Crippen molar-refractivity contribution >= 4 is 5.91 Å². The van der Waals surface area contributed by atoms with E-state index in [0.717, 1.165) is 0 Å². The molecule has 106 valence electrons. The molecule has 1 aromatic carbocycles. The van der Waals surface area contributed by atoms with Gasteiger partial charge in [0.1, 0.15) is 11.5 Å². The van der Waals surface area contributed by atoms with E-state index in [1.165, 1.54) is 0 Å². The van der Waals surface area contributed by atoms with Gasteiger partial charge < -0.3 is 19.5 Å². The summed E-state index contributed by atoms with van der Waals surface area (Å²) in [6, 6.07) is 5.06. The molecule has 1 amide bonds. The Kier molecular flexibility index (Phi) is 6.15. The zero-order valence-electron chi connectivity index (χ0n) is 11.9.